The highest BCUT2D eigenvalue weighted by atomic mass is 32.2. The van der Waals surface area contributed by atoms with Crippen LogP contribution in [0.3, 0.4) is 0 Å². The second-order valence-corrected chi connectivity index (χ2v) is 3.07. The highest BCUT2D eigenvalue weighted by molar-refractivity contribution is 7.85. The van der Waals surface area contributed by atoms with Gasteiger partial charge >= 0.3 is 10.1 Å². The quantitative estimate of drug-likeness (QED) is 0.305. The summed E-state index contributed by atoms with van der Waals surface area (Å²) in [5.74, 6) is -0.148. The van der Waals surface area contributed by atoms with Crippen molar-refractivity contribution in [2.45, 2.75) is 5.16 Å². The van der Waals surface area contributed by atoms with E-state index in [4.69, 9.17) is 10.1 Å². The van der Waals surface area contributed by atoms with Gasteiger partial charge < -0.3 is 4.98 Å². The predicted octanol–water partition coefficient (Wildman–Crippen LogP) is 0.598. The molecule has 0 fully saturated rings. The standard InChI is InChI=1S/C3H3N5O3S/c4-8-7-2-1-5-3(6-2)12(9,10)11/h1H,(H,5,6)(H,9,10,11). The number of hydrogen-bond acceptors (Lipinski definition) is 4. The van der Waals surface area contributed by atoms with Gasteiger partial charge in [-0.2, -0.15) is 8.42 Å². The molecule has 1 aromatic heterocycles. The molecule has 0 atom stereocenters. The van der Waals surface area contributed by atoms with Crippen molar-refractivity contribution in [1.82, 2.24) is 9.97 Å². The van der Waals surface area contributed by atoms with Crippen molar-refractivity contribution >= 4 is 15.9 Å². The van der Waals surface area contributed by atoms with E-state index in [0.29, 0.717) is 0 Å². The average molecular weight is 189 g/mol. The molecule has 0 aliphatic heterocycles. The highest BCUT2D eigenvalue weighted by Gasteiger charge is 2.13. The minimum Gasteiger partial charge on any atom is -0.333 e. The van der Waals surface area contributed by atoms with Crippen LogP contribution in [0.5, 0.6) is 0 Å². The number of hydrogen-bond donors (Lipinski definition) is 2. The molecule has 0 unspecified atom stereocenters. The van der Waals surface area contributed by atoms with Crippen molar-refractivity contribution in [3.63, 3.8) is 0 Å². The van der Waals surface area contributed by atoms with E-state index in [9.17, 15) is 8.42 Å². The molecule has 8 nitrogen and oxygen atoms in total. The zero-order chi connectivity index (χ0) is 9.19. The third kappa shape index (κ3) is 1.72. The van der Waals surface area contributed by atoms with Gasteiger partial charge in [0.2, 0.25) is 0 Å². The molecule has 0 radical (unpaired) electrons. The second-order valence-electron chi connectivity index (χ2n) is 1.73. The summed E-state index contributed by atoms with van der Waals surface area (Å²) in [7, 11) is -4.35. The van der Waals surface area contributed by atoms with Crippen LogP contribution in [-0.2, 0) is 10.1 Å². The molecule has 0 saturated heterocycles. The van der Waals surface area contributed by atoms with Gasteiger partial charge in [0, 0.05) is 11.1 Å². The first-order chi connectivity index (χ1) is 5.54. The van der Waals surface area contributed by atoms with Crippen molar-refractivity contribution in [1.29, 1.82) is 0 Å². The lowest BCUT2D eigenvalue weighted by Crippen LogP contribution is -1.99. The molecule has 12 heavy (non-hydrogen) atoms. The van der Waals surface area contributed by atoms with Gasteiger partial charge in [-0.3, -0.25) is 4.55 Å². The summed E-state index contributed by atoms with van der Waals surface area (Å²) < 4.78 is 29.2. The predicted molar refractivity (Wildman–Crippen MR) is 37.2 cm³/mol. The molecule has 0 bridgehead atoms. The van der Waals surface area contributed by atoms with Gasteiger partial charge in [0.15, 0.2) is 0 Å². The Balaban J connectivity index is 3.16. The van der Waals surface area contributed by atoms with Crippen LogP contribution in [0, 0.1) is 0 Å². The summed E-state index contributed by atoms with van der Waals surface area (Å²) in [6.45, 7) is 0. The zero-order valence-corrected chi connectivity index (χ0v) is 6.35. The lowest BCUT2D eigenvalue weighted by Gasteiger charge is -1.85. The molecule has 0 aliphatic carbocycles. The molecule has 0 amide bonds. The van der Waals surface area contributed by atoms with E-state index >= 15 is 0 Å². The number of azide groups is 1. The van der Waals surface area contributed by atoms with E-state index < -0.39 is 15.3 Å². The summed E-state index contributed by atoms with van der Waals surface area (Å²) >= 11 is 0. The fraction of sp³-hybridized carbons (Fsp3) is 0. The van der Waals surface area contributed by atoms with Crippen LogP contribution in [0.1, 0.15) is 0 Å². The fourth-order valence-corrected chi connectivity index (χ4v) is 0.941. The second kappa shape index (κ2) is 2.81. The molecule has 0 aromatic carbocycles. The first-order valence-corrected chi connectivity index (χ1v) is 4.06. The van der Waals surface area contributed by atoms with Crippen molar-refractivity contribution in [3.05, 3.63) is 16.6 Å². The minimum absolute atomic E-state index is 0.148. The number of imidazole rings is 1. The normalized spacial score (nSPS) is 10.8. The third-order valence-electron chi connectivity index (χ3n) is 0.932. The van der Waals surface area contributed by atoms with Gasteiger partial charge in [-0.25, -0.2) is 4.98 Å². The monoisotopic (exact) mass is 189 g/mol. The number of aromatic nitrogens is 2. The highest BCUT2D eigenvalue weighted by Crippen LogP contribution is 2.10. The van der Waals surface area contributed by atoms with Gasteiger partial charge in [0.25, 0.3) is 5.16 Å². The summed E-state index contributed by atoms with van der Waals surface area (Å²) in [6.07, 6.45) is 1.06. The Kier molecular flexibility index (Phi) is 2.00. The number of H-pyrrole nitrogens is 1. The fourth-order valence-electron chi connectivity index (χ4n) is 0.524. The first kappa shape index (κ1) is 8.53. The lowest BCUT2D eigenvalue weighted by atomic mass is 10.8. The maximum Gasteiger partial charge on any atom is 0.328 e. The topological polar surface area (TPSA) is 132 Å². The zero-order valence-electron chi connectivity index (χ0n) is 5.54. The molecule has 0 saturated carbocycles. The van der Waals surface area contributed by atoms with Crippen LogP contribution in [0.4, 0.5) is 5.82 Å². The number of nitrogens with one attached hydrogen (secondary N) is 1. The third-order valence-corrected chi connectivity index (χ3v) is 1.63. The molecule has 2 N–H and O–H groups in total. The molecule has 1 heterocycles. The van der Waals surface area contributed by atoms with E-state index in [0.717, 1.165) is 6.20 Å². The van der Waals surface area contributed by atoms with Crippen LogP contribution in [0.15, 0.2) is 16.5 Å². The molecule has 9 heteroatoms. The van der Waals surface area contributed by atoms with Gasteiger partial charge in [0.1, 0.15) is 5.82 Å². The van der Waals surface area contributed by atoms with Gasteiger partial charge in [0.05, 0.1) is 0 Å². The van der Waals surface area contributed by atoms with Crippen molar-refractivity contribution < 1.29 is 13.0 Å². The van der Waals surface area contributed by atoms with Gasteiger partial charge in [-0.15, -0.1) is 0 Å². The Morgan fingerprint density at radius 1 is 1.75 bits per heavy atom. The van der Waals surface area contributed by atoms with E-state index in [-0.39, 0.29) is 5.82 Å². The molecule has 1 aromatic rings. The van der Waals surface area contributed by atoms with Crippen LogP contribution in [0.25, 0.3) is 10.4 Å². The number of aromatic amines is 1. The molecular weight excluding hydrogens is 186 g/mol. The van der Waals surface area contributed by atoms with Crippen LogP contribution >= 0.6 is 0 Å². The summed E-state index contributed by atoms with van der Waals surface area (Å²) in [4.78, 5) is 7.74. The van der Waals surface area contributed by atoms with E-state index in [1.165, 1.54) is 0 Å². The molecule has 0 aliphatic rings. The summed E-state index contributed by atoms with van der Waals surface area (Å²) in [6, 6.07) is 0. The van der Waals surface area contributed by atoms with Crippen LogP contribution in [0.2, 0.25) is 0 Å². The van der Waals surface area contributed by atoms with Crippen molar-refractivity contribution in [2.24, 2.45) is 5.11 Å². The minimum atomic E-state index is -4.35. The number of nitrogens with zero attached hydrogens (tertiary/aromatic N) is 4. The summed E-state index contributed by atoms with van der Waals surface area (Å²) in [5.41, 5.74) is 7.92. The van der Waals surface area contributed by atoms with E-state index in [1.54, 1.807) is 0 Å². The molecule has 64 valence electrons. The first-order valence-electron chi connectivity index (χ1n) is 2.62. The Morgan fingerprint density at radius 2 is 2.42 bits per heavy atom. The van der Waals surface area contributed by atoms with Crippen molar-refractivity contribution in [3.8, 4) is 0 Å². The Labute approximate surface area is 66.6 Å². The Hall–Kier alpha value is -1.57. The van der Waals surface area contributed by atoms with E-state index in [2.05, 4.69) is 20.0 Å². The maximum atomic E-state index is 10.4. The average Bonchev–Trinajstić information content (AvgIpc) is 2.35. The Bertz CT molecular complexity index is 427. The summed E-state index contributed by atoms with van der Waals surface area (Å²) in [5, 5.41) is 2.36. The lowest BCUT2D eigenvalue weighted by molar-refractivity contribution is 0.475. The molecule has 1 rings (SSSR count). The maximum absolute atomic E-state index is 10.4. The van der Waals surface area contributed by atoms with Crippen LogP contribution in [-0.4, -0.2) is 22.9 Å². The van der Waals surface area contributed by atoms with Gasteiger partial charge in [-0.05, 0) is 10.6 Å². The SMILES string of the molecule is [N-]=[N+]=Nc1c[nH]c(S(=O)(=O)O)n1. The van der Waals surface area contributed by atoms with Crippen LogP contribution < -0.4 is 0 Å². The largest absolute Gasteiger partial charge is 0.333 e. The number of rotatable bonds is 2. The molecule has 0 spiro atoms. The van der Waals surface area contributed by atoms with E-state index in [1.807, 2.05) is 0 Å². The Morgan fingerprint density at radius 3 is 2.83 bits per heavy atom. The van der Waals surface area contributed by atoms with Crippen molar-refractivity contribution in [2.75, 3.05) is 0 Å². The smallest absolute Gasteiger partial charge is 0.328 e. The van der Waals surface area contributed by atoms with Gasteiger partial charge in [-0.1, -0.05) is 0 Å². The molecular formula is C3H3N5O3S.